The van der Waals surface area contributed by atoms with Gasteiger partial charge in [0, 0.05) is 18.5 Å². The average Bonchev–Trinajstić information content (AvgIpc) is 3.08. The highest BCUT2D eigenvalue weighted by Crippen LogP contribution is 2.25. The monoisotopic (exact) mass is 383 g/mol. The molecule has 2 heterocycles. The number of carbonyl (C=O) groups excluding carboxylic acids is 1. The van der Waals surface area contributed by atoms with E-state index in [0.29, 0.717) is 17.3 Å². The average molecular weight is 384 g/mol. The Morgan fingerprint density at radius 2 is 2.12 bits per heavy atom. The van der Waals surface area contributed by atoms with Gasteiger partial charge in [-0.1, -0.05) is 23.2 Å². The maximum absolute atomic E-state index is 12.5. The van der Waals surface area contributed by atoms with Crippen molar-refractivity contribution >= 4 is 34.8 Å². The minimum atomic E-state index is -0.670. The van der Waals surface area contributed by atoms with Crippen LogP contribution in [0.25, 0.3) is 0 Å². The van der Waals surface area contributed by atoms with E-state index in [2.05, 4.69) is 10.3 Å². The zero-order chi connectivity index (χ0) is 18.0. The number of aromatic amines is 1. The number of rotatable bonds is 4. The molecule has 0 radical (unpaired) electrons. The van der Waals surface area contributed by atoms with E-state index in [-0.39, 0.29) is 23.2 Å². The lowest BCUT2D eigenvalue weighted by Gasteiger charge is -2.12. The van der Waals surface area contributed by atoms with Crippen LogP contribution in [0, 0.1) is 0 Å². The normalized spacial score (nSPS) is 16.8. The molecule has 1 amide bonds. The van der Waals surface area contributed by atoms with Crippen LogP contribution < -0.4 is 16.6 Å². The molecule has 0 saturated carbocycles. The fourth-order valence-electron chi connectivity index (χ4n) is 2.60. The van der Waals surface area contributed by atoms with Gasteiger partial charge < -0.3 is 15.0 Å². The van der Waals surface area contributed by atoms with Crippen molar-refractivity contribution in [2.45, 2.75) is 25.5 Å². The van der Waals surface area contributed by atoms with Gasteiger partial charge in [-0.15, -0.1) is 0 Å². The van der Waals surface area contributed by atoms with Crippen molar-refractivity contribution in [1.82, 2.24) is 9.55 Å². The molecule has 1 aromatic carbocycles. The predicted molar refractivity (Wildman–Crippen MR) is 94.7 cm³/mol. The molecular weight excluding hydrogens is 369 g/mol. The summed E-state index contributed by atoms with van der Waals surface area (Å²) in [6.45, 7) is 0.719. The standard InChI is InChI=1S/C16H15Cl2N3O4/c17-12-4-3-9(6-13(12)18)20-14(22)11-7-19-16(24)21(15(11)23)8-10-2-1-5-25-10/h3-4,6-7,10H,1-2,5,8H2,(H,19,24)(H,20,22). The third kappa shape index (κ3) is 3.95. The van der Waals surface area contributed by atoms with Crippen molar-refractivity contribution in [3.8, 4) is 0 Å². The summed E-state index contributed by atoms with van der Waals surface area (Å²) in [5.74, 6) is -0.652. The SMILES string of the molecule is O=C(Nc1ccc(Cl)c(Cl)c1)c1c[nH]c(=O)n(CC2CCCO2)c1=O. The first kappa shape index (κ1) is 17.7. The number of hydrogen-bond acceptors (Lipinski definition) is 4. The largest absolute Gasteiger partial charge is 0.376 e. The summed E-state index contributed by atoms with van der Waals surface area (Å²) < 4.78 is 6.43. The number of hydrogen-bond donors (Lipinski definition) is 2. The molecule has 1 fully saturated rings. The van der Waals surface area contributed by atoms with Crippen molar-refractivity contribution in [3.63, 3.8) is 0 Å². The number of anilines is 1. The Balaban J connectivity index is 1.86. The fraction of sp³-hybridized carbons (Fsp3) is 0.312. The fourth-order valence-corrected chi connectivity index (χ4v) is 2.90. The molecule has 0 spiro atoms. The highest BCUT2D eigenvalue weighted by Gasteiger charge is 2.21. The number of H-pyrrole nitrogens is 1. The second-order valence-electron chi connectivity index (χ2n) is 5.64. The molecule has 1 unspecified atom stereocenters. The molecule has 0 aliphatic carbocycles. The summed E-state index contributed by atoms with van der Waals surface area (Å²) in [4.78, 5) is 39.2. The summed E-state index contributed by atoms with van der Waals surface area (Å²) in [5, 5.41) is 3.18. The number of nitrogens with zero attached hydrogens (tertiary/aromatic N) is 1. The van der Waals surface area contributed by atoms with Crippen LogP contribution in [0.2, 0.25) is 10.0 Å². The van der Waals surface area contributed by atoms with Crippen molar-refractivity contribution in [2.24, 2.45) is 0 Å². The Morgan fingerprint density at radius 1 is 1.32 bits per heavy atom. The van der Waals surface area contributed by atoms with Crippen molar-refractivity contribution in [1.29, 1.82) is 0 Å². The van der Waals surface area contributed by atoms with Gasteiger partial charge in [-0.3, -0.25) is 14.2 Å². The first-order valence-corrected chi connectivity index (χ1v) is 8.42. The lowest BCUT2D eigenvalue weighted by Crippen LogP contribution is -2.41. The Bertz CT molecular complexity index is 916. The van der Waals surface area contributed by atoms with Crippen molar-refractivity contribution < 1.29 is 9.53 Å². The van der Waals surface area contributed by atoms with Crippen LogP contribution in [0.4, 0.5) is 5.69 Å². The lowest BCUT2D eigenvalue weighted by molar-refractivity contribution is 0.0941. The van der Waals surface area contributed by atoms with Crippen LogP contribution in [-0.4, -0.2) is 28.2 Å². The minimum absolute atomic E-state index is 0.113. The number of benzene rings is 1. The molecule has 2 aromatic rings. The Labute approximate surface area is 152 Å². The number of nitrogens with one attached hydrogen (secondary N) is 2. The summed E-state index contributed by atoms with van der Waals surface area (Å²) in [5.41, 5.74) is -1.04. The van der Waals surface area contributed by atoms with Gasteiger partial charge in [-0.05, 0) is 31.0 Å². The topological polar surface area (TPSA) is 93.2 Å². The van der Waals surface area contributed by atoms with Gasteiger partial charge in [-0.2, -0.15) is 0 Å². The molecule has 1 atom stereocenters. The Kier molecular flexibility index (Phi) is 5.27. The zero-order valence-corrected chi connectivity index (χ0v) is 14.6. The van der Waals surface area contributed by atoms with E-state index in [1.54, 1.807) is 6.07 Å². The van der Waals surface area contributed by atoms with E-state index in [9.17, 15) is 14.4 Å². The van der Waals surface area contributed by atoms with Crippen molar-refractivity contribution in [2.75, 3.05) is 11.9 Å². The van der Waals surface area contributed by atoms with Crippen LogP contribution in [0.5, 0.6) is 0 Å². The summed E-state index contributed by atoms with van der Waals surface area (Å²) in [6.07, 6.45) is 2.55. The highest BCUT2D eigenvalue weighted by atomic mass is 35.5. The van der Waals surface area contributed by atoms with E-state index in [1.165, 1.54) is 12.1 Å². The third-order valence-electron chi connectivity index (χ3n) is 3.89. The van der Waals surface area contributed by atoms with E-state index < -0.39 is 17.2 Å². The maximum Gasteiger partial charge on any atom is 0.328 e. The molecule has 1 aliphatic rings. The van der Waals surface area contributed by atoms with Gasteiger partial charge in [-0.25, -0.2) is 4.79 Å². The number of aromatic nitrogens is 2. The first-order chi connectivity index (χ1) is 12.0. The molecular formula is C16H15Cl2N3O4. The van der Waals surface area contributed by atoms with Gasteiger partial charge >= 0.3 is 5.69 Å². The number of ether oxygens (including phenoxy) is 1. The van der Waals surface area contributed by atoms with Crippen LogP contribution in [0.1, 0.15) is 23.2 Å². The Morgan fingerprint density at radius 3 is 2.80 bits per heavy atom. The maximum atomic E-state index is 12.5. The van der Waals surface area contributed by atoms with Gasteiger partial charge in [0.05, 0.1) is 22.7 Å². The van der Waals surface area contributed by atoms with Gasteiger partial charge in [0.15, 0.2) is 0 Å². The summed E-state index contributed by atoms with van der Waals surface area (Å²) >= 11 is 11.7. The Hall–Kier alpha value is -2.09. The van der Waals surface area contributed by atoms with Gasteiger partial charge in [0.1, 0.15) is 5.56 Å². The first-order valence-electron chi connectivity index (χ1n) is 7.66. The van der Waals surface area contributed by atoms with Gasteiger partial charge in [0.2, 0.25) is 0 Å². The predicted octanol–water partition coefficient (Wildman–Crippen LogP) is 2.27. The molecule has 132 valence electrons. The zero-order valence-electron chi connectivity index (χ0n) is 13.1. The molecule has 1 saturated heterocycles. The second kappa shape index (κ2) is 7.43. The van der Waals surface area contributed by atoms with E-state index in [4.69, 9.17) is 27.9 Å². The van der Waals surface area contributed by atoms with Crippen LogP contribution in [0.3, 0.4) is 0 Å². The smallest absolute Gasteiger partial charge is 0.328 e. The lowest BCUT2D eigenvalue weighted by atomic mass is 10.2. The summed E-state index contributed by atoms with van der Waals surface area (Å²) in [6, 6.07) is 4.56. The number of amides is 1. The van der Waals surface area contributed by atoms with Crippen LogP contribution in [0.15, 0.2) is 34.0 Å². The second-order valence-corrected chi connectivity index (χ2v) is 6.46. The number of halogens is 2. The van der Waals surface area contributed by atoms with E-state index in [0.717, 1.165) is 23.6 Å². The molecule has 7 nitrogen and oxygen atoms in total. The molecule has 25 heavy (non-hydrogen) atoms. The molecule has 2 N–H and O–H groups in total. The quantitative estimate of drug-likeness (QED) is 0.846. The van der Waals surface area contributed by atoms with Gasteiger partial charge in [0.25, 0.3) is 11.5 Å². The highest BCUT2D eigenvalue weighted by molar-refractivity contribution is 6.42. The molecule has 9 heteroatoms. The third-order valence-corrected chi connectivity index (χ3v) is 4.63. The number of carbonyl (C=O) groups is 1. The van der Waals surface area contributed by atoms with Crippen LogP contribution >= 0.6 is 23.2 Å². The van der Waals surface area contributed by atoms with Crippen molar-refractivity contribution in [3.05, 3.63) is 60.8 Å². The summed E-state index contributed by atoms with van der Waals surface area (Å²) in [7, 11) is 0. The van der Waals surface area contributed by atoms with Crippen LogP contribution in [-0.2, 0) is 11.3 Å². The van der Waals surface area contributed by atoms with E-state index >= 15 is 0 Å². The molecule has 1 aromatic heterocycles. The van der Waals surface area contributed by atoms with E-state index in [1.807, 2.05) is 0 Å². The molecule has 0 bridgehead atoms. The molecule has 3 rings (SSSR count). The minimum Gasteiger partial charge on any atom is -0.376 e. The molecule has 1 aliphatic heterocycles.